The number of hydrogen-bond acceptors (Lipinski definition) is 7. The van der Waals surface area contributed by atoms with Gasteiger partial charge in [-0.2, -0.15) is 0 Å². The lowest BCUT2D eigenvalue weighted by molar-refractivity contribution is 0.0474. The van der Waals surface area contributed by atoms with Crippen LogP contribution in [0.15, 0.2) is 60.0 Å². The third-order valence-corrected chi connectivity index (χ3v) is 5.37. The first-order chi connectivity index (χ1) is 15.1. The highest BCUT2D eigenvalue weighted by Gasteiger charge is 2.17. The van der Waals surface area contributed by atoms with E-state index in [1.165, 1.54) is 17.4 Å². The maximum atomic E-state index is 12.5. The molecule has 31 heavy (non-hydrogen) atoms. The molecule has 2 heterocycles. The molecule has 1 amide bonds. The molecule has 0 atom stereocenters. The van der Waals surface area contributed by atoms with Crippen LogP contribution in [0.1, 0.15) is 36.8 Å². The van der Waals surface area contributed by atoms with Gasteiger partial charge in [0.25, 0.3) is 5.91 Å². The van der Waals surface area contributed by atoms with Crippen molar-refractivity contribution in [2.45, 2.75) is 6.42 Å². The first kappa shape index (κ1) is 20.6. The number of hydrogen-bond donors (Lipinski definition) is 1. The molecule has 0 fully saturated rings. The lowest BCUT2D eigenvalue weighted by atomic mass is 10.1. The topological polar surface area (TPSA) is 90.9 Å². The van der Waals surface area contributed by atoms with Crippen molar-refractivity contribution in [1.29, 1.82) is 0 Å². The van der Waals surface area contributed by atoms with E-state index >= 15 is 0 Å². The second kappa shape index (κ2) is 9.44. The van der Waals surface area contributed by atoms with Crippen molar-refractivity contribution in [3.8, 4) is 11.5 Å². The summed E-state index contributed by atoms with van der Waals surface area (Å²) in [5.41, 5.74) is 1.06. The van der Waals surface area contributed by atoms with Gasteiger partial charge in [-0.05, 0) is 47.8 Å². The quantitative estimate of drug-likeness (QED) is 0.459. The van der Waals surface area contributed by atoms with E-state index in [1.807, 2.05) is 5.38 Å². The Kier molecular flexibility index (Phi) is 6.28. The van der Waals surface area contributed by atoms with E-state index in [0.29, 0.717) is 40.8 Å². The van der Waals surface area contributed by atoms with Gasteiger partial charge in [0.05, 0.1) is 23.7 Å². The van der Waals surface area contributed by atoms with Gasteiger partial charge in [-0.15, -0.1) is 11.3 Å². The summed E-state index contributed by atoms with van der Waals surface area (Å²) in [6.07, 6.45) is 0.766. The summed E-state index contributed by atoms with van der Waals surface area (Å²) >= 11 is 1.32. The van der Waals surface area contributed by atoms with Crippen molar-refractivity contribution in [3.63, 3.8) is 0 Å². The number of ketones is 1. The molecule has 0 unspecified atom stereocenters. The first-order valence-electron chi connectivity index (χ1n) is 9.65. The largest absolute Gasteiger partial charge is 0.490 e. The van der Waals surface area contributed by atoms with Crippen molar-refractivity contribution in [3.05, 3.63) is 76.0 Å². The first-order valence-corrected chi connectivity index (χ1v) is 10.5. The number of thiophene rings is 1. The molecule has 0 radical (unpaired) electrons. The molecule has 0 saturated carbocycles. The van der Waals surface area contributed by atoms with Crippen LogP contribution in [-0.2, 0) is 4.74 Å². The fraction of sp³-hybridized carbons (Fsp3) is 0.174. The predicted molar refractivity (Wildman–Crippen MR) is 115 cm³/mol. The zero-order valence-electron chi connectivity index (χ0n) is 16.5. The highest BCUT2D eigenvalue weighted by atomic mass is 32.1. The number of nitrogens with one attached hydrogen (secondary N) is 1. The van der Waals surface area contributed by atoms with Gasteiger partial charge in [0.1, 0.15) is 0 Å². The van der Waals surface area contributed by atoms with E-state index in [9.17, 15) is 14.4 Å². The number of ether oxygens (including phenoxy) is 3. The van der Waals surface area contributed by atoms with E-state index in [0.717, 1.165) is 6.42 Å². The monoisotopic (exact) mass is 437 g/mol. The minimum Gasteiger partial charge on any atom is -0.490 e. The SMILES string of the molecule is O=C(COC(=O)c1cccc(NC(=O)c2cccs2)c1)c1ccc2c(c1)OCCCO2. The van der Waals surface area contributed by atoms with E-state index in [-0.39, 0.29) is 17.3 Å². The zero-order chi connectivity index (χ0) is 21.6. The summed E-state index contributed by atoms with van der Waals surface area (Å²) < 4.78 is 16.3. The fourth-order valence-electron chi connectivity index (χ4n) is 2.96. The number of rotatable bonds is 6. The third-order valence-electron chi connectivity index (χ3n) is 4.50. The van der Waals surface area contributed by atoms with Gasteiger partial charge in [0.15, 0.2) is 23.9 Å². The van der Waals surface area contributed by atoms with Crippen molar-refractivity contribution in [1.82, 2.24) is 0 Å². The summed E-state index contributed by atoms with van der Waals surface area (Å²) in [6, 6.07) is 14.7. The smallest absolute Gasteiger partial charge is 0.338 e. The van der Waals surface area contributed by atoms with E-state index in [1.54, 1.807) is 48.5 Å². The van der Waals surface area contributed by atoms with Crippen LogP contribution < -0.4 is 14.8 Å². The molecule has 3 aromatic rings. The summed E-state index contributed by atoms with van der Waals surface area (Å²) in [7, 11) is 0. The number of esters is 1. The molecule has 0 spiro atoms. The van der Waals surface area contributed by atoms with Gasteiger partial charge in [-0.3, -0.25) is 9.59 Å². The number of carbonyl (C=O) groups is 3. The van der Waals surface area contributed by atoms with Gasteiger partial charge in [-0.25, -0.2) is 4.79 Å². The standard InChI is InChI=1S/C23H19NO6S/c25-18(15-7-8-19-20(13-15)29-10-3-9-28-19)14-30-23(27)16-4-1-5-17(12-16)24-22(26)21-6-2-11-31-21/h1-2,4-8,11-13H,3,9-10,14H2,(H,24,26). The average molecular weight is 437 g/mol. The van der Waals surface area contributed by atoms with Crippen LogP contribution in [-0.4, -0.2) is 37.5 Å². The summed E-state index contributed by atoms with van der Waals surface area (Å²) in [6.45, 7) is 0.661. The maximum Gasteiger partial charge on any atom is 0.338 e. The maximum absolute atomic E-state index is 12.5. The number of amides is 1. The zero-order valence-corrected chi connectivity index (χ0v) is 17.3. The van der Waals surface area contributed by atoms with Crippen molar-refractivity contribution >= 4 is 34.7 Å². The van der Waals surface area contributed by atoms with Crippen molar-refractivity contribution in [2.24, 2.45) is 0 Å². The molecule has 1 aliphatic rings. The van der Waals surface area contributed by atoms with Crippen LogP contribution in [0.3, 0.4) is 0 Å². The number of carbonyl (C=O) groups excluding carboxylic acids is 3. The van der Waals surface area contributed by atoms with Crippen LogP contribution in [0.25, 0.3) is 0 Å². The molecule has 4 rings (SSSR count). The van der Waals surface area contributed by atoms with Gasteiger partial charge in [0, 0.05) is 17.7 Å². The van der Waals surface area contributed by atoms with Gasteiger partial charge < -0.3 is 19.5 Å². The molecule has 2 aromatic carbocycles. The Balaban J connectivity index is 1.37. The molecule has 0 saturated heterocycles. The molecule has 1 aromatic heterocycles. The molecule has 7 nitrogen and oxygen atoms in total. The summed E-state index contributed by atoms with van der Waals surface area (Å²) in [4.78, 5) is 37.6. The van der Waals surface area contributed by atoms with Crippen LogP contribution in [0.4, 0.5) is 5.69 Å². The Labute approximate surface area is 182 Å². The van der Waals surface area contributed by atoms with Crippen LogP contribution in [0, 0.1) is 0 Å². The van der Waals surface area contributed by atoms with Crippen LogP contribution >= 0.6 is 11.3 Å². The Hall–Kier alpha value is -3.65. The predicted octanol–water partition coefficient (Wildman–Crippen LogP) is 4.20. The summed E-state index contributed by atoms with van der Waals surface area (Å²) in [5.74, 6) is -0.178. The molecule has 1 aliphatic heterocycles. The Morgan fingerprint density at radius 1 is 0.935 bits per heavy atom. The Morgan fingerprint density at radius 2 is 1.77 bits per heavy atom. The number of anilines is 1. The molecule has 0 bridgehead atoms. The average Bonchev–Trinajstić information content (AvgIpc) is 3.23. The minimum atomic E-state index is -0.657. The second-order valence-electron chi connectivity index (χ2n) is 6.72. The number of fused-ring (bicyclic) bond motifs is 1. The lowest BCUT2D eigenvalue weighted by Gasteiger charge is -2.10. The highest BCUT2D eigenvalue weighted by Crippen LogP contribution is 2.30. The summed E-state index contributed by atoms with van der Waals surface area (Å²) in [5, 5.41) is 4.54. The van der Waals surface area contributed by atoms with Crippen molar-refractivity contribution < 1.29 is 28.6 Å². The molecular formula is C23H19NO6S. The van der Waals surface area contributed by atoms with E-state index in [4.69, 9.17) is 14.2 Å². The van der Waals surface area contributed by atoms with Crippen molar-refractivity contribution in [2.75, 3.05) is 25.1 Å². The van der Waals surface area contributed by atoms with E-state index in [2.05, 4.69) is 5.32 Å². The number of Topliss-reactive ketones (excluding diaryl/α,β-unsaturated/α-hetero) is 1. The van der Waals surface area contributed by atoms with Crippen LogP contribution in [0.5, 0.6) is 11.5 Å². The Bertz CT molecular complexity index is 1110. The lowest BCUT2D eigenvalue weighted by Crippen LogP contribution is -2.15. The second-order valence-corrected chi connectivity index (χ2v) is 7.67. The molecular weight excluding hydrogens is 418 g/mol. The normalized spacial score (nSPS) is 12.5. The molecule has 1 N–H and O–H groups in total. The molecule has 0 aliphatic carbocycles. The highest BCUT2D eigenvalue weighted by molar-refractivity contribution is 7.12. The third kappa shape index (κ3) is 5.10. The fourth-order valence-corrected chi connectivity index (χ4v) is 3.58. The minimum absolute atomic E-state index is 0.232. The van der Waals surface area contributed by atoms with Gasteiger partial charge in [0.2, 0.25) is 0 Å². The number of benzene rings is 2. The molecule has 8 heteroatoms. The van der Waals surface area contributed by atoms with Gasteiger partial charge in [-0.1, -0.05) is 12.1 Å². The Morgan fingerprint density at radius 3 is 2.58 bits per heavy atom. The van der Waals surface area contributed by atoms with Crippen LogP contribution in [0.2, 0.25) is 0 Å². The molecule has 158 valence electrons. The van der Waals surface area contributed by atoms with Gasteiger partial charge >= 0.3 is 5.97 Å². The van der Waals surface area contributed by atoms with E-state index < -0.39 is 12.6 Å².